The number of nitrogens with zero attached hydrogens (tertiary/aromatic N) is 1. The highest BCUT2D eigenvalue weighted by Crippen LogP contribution is 2.34. The fourth-order valence-corrected chi connectivity index (χ4v) is 4.40. The van der Waals surface area contributed by atoms with E-state index in [1.165, 1.54) is 31.2 Å². The van der Waals surface area contributed by atoms with Crippen LogP contribution in [0.5, 0.6) is 0 Å². The van der Waals surface area contributed by atoms with E-state index in [2.05, 4.69) is 4.72 Å². The van der Waals surface area contributed by atoms with Crippen molar-refractivity contribution in [1.29, 1.82) is 0 Å². The first-order valence-electron chi connectivity index (χ1n) is 8.57. The Kier molecular flexibility index (Phi) is 5.24. The van der Waals surface area contributed by atoms with Gasteiger partial charge in [0.05, 0.1) is 10.5 Å². The molecule has 0 aliphatic carbocycles. The summed E-state index contributed by atoms with van der Waals surface area (Å²) in [6.45, 7) is 3.22. The summed E-state index contributed by atoms with van der Waals surface area (Å²) in [7, 11) is -3.85. The number of halogens is 3. The van der Waals surface area contributed by atoms with Crippen molar-refractivity contribution in [2.24, 2.45) is 0 Å². The summed E-state index contributed by atoms with van der Waals surface area (Å²) in [4.78, 5) is 13.4. The smallest absolute Gasteiger partial charge is 0.309 e. The molecule has 0 fully saturated rings. The van der Waals surface area contributed by atoms with Crippen LogP contribution in [0.25, 0.3) is 0 Å². The largest absolute Gasteiger partial charge is 0.416 e. The highest BCUT2D eigenvalue weighted by molar-refractivity contribution is 7.89. The molecule has 0 bridgehead atoms. The van der Waals surface area contributed by atoms with Gasteiger partial charge < -0.3 is 4.90 Å². The number of hydrogen-bond acceptors (Lipinski definition) is 3. The molecule has 1 aliphatic rings. The molecule has 2 aromatic rings. The lowest BCUT2D eigenvalue weighted by Crippen LogP contribution is -2.33. The second-order valence-corrected chi connectivity index (χ2v) is 8.52. The molecule has 150 valence electrons. The van der Waals surface area contributed by atoms with Crippen LogP contribution in [-0.4, -0.2) is 20.4 Å². The second-order valence-electron chi connectivity index (χ2n) is 6.75. The van der Waals surface area contributed by atoms with Gasteiger partial charge in [0.15, 0.2) is 0 Å². The molecule has 3 rings (SSSR count). The quantitative estimate of drug-likeness (QED) is 0.836. The lowest BCUT2D eigenvalue weighted by molar-refractivity contribution is -0.137. The molecule has 1 heterocycles. The van der Waals surface area contributed by atoms with Crippen molar-refractivity contribution in [3.63, 3.8) is 0 Å². The summed E-state index contributed by atoms with van der Waals surface area (Å²) in [5, 5.41) is 0. The average molecular weight is 412 g/mol. The van der Waals surface area contributed by atoms with Gasteiger partial charge in [-0.2, -0.15) is 13.2 Å². The van der Waals surface area contributed by atoms with E-state index in [1.807, 2.05) is 6.92 Å². The van der Waals surface area contributed by atoms with Crippen molar-refractivity contribution in [3.05, 3.63) is 59.2 Å². The fourth-order valence-electron chi connectivity index (χ4n) is 3.33. The maximum Gasteiger partial charge on any atom is 0.416 e. The maximum absolute atomic E-state index is 12.6. The van der Waals surface area contributed by atoms with Gasteiger partial charge in [0, 0.05) is 25.2 Å². The molecule has 1 amide bonds. The number of benzene rings is 2. The van der Waals surface area contributed by atoms with Gasteiger partial charge in [-0.05, 0) is 54.8 Å². The van der Waals surface area contributed by atoms with Gasteiger partial charge >= 0.3 is 6.18 Å². The van der Waals surface area contributed by atoms with E-state index in [0.717, 1.165) is 17.7 Å². The Morgan fingerprint density at radius 2 is 1.82 bits per heavy atom. The first-order chi connectivity index (χ1) is 13.0. The van der Waals surface area contributed by atoms with Crippen LogP contribution in [0.3, 0.4) is 0 Å². The lowest BCUT2D eigenvalue weighted by atomic mass is 10.1. The molecule has 28 heavy (non-hydrogen) atoms. The lowest BCUT2D eigenvalue weighted by Gasteiger charge is -2.20. The van der Waals surface area contributed by atoms with Gasteiger partial charge in [-0.3, -0.25) is 4.79 Å². The minimum atomic E-state index is -4.44. The number of amides is 1. The molecule has 0 aromatic heterocycles. The van der Waals surface area contributed by atoms with Crippen LogP contribution in [0.4, 0.5) is 18.9 Å². The SMILES string of the molecule is CC(=O)N1c2ccc(S(=O)(=O)NCc3ccc(C(F)(F)F)cc3)cc2CC1C. The van der Waals surface area contributed by atoms with E-state index in [-0.39, 0.29) is 23.4 Å². The zero-order valence-corrected chi connectivity index (χ0v) is 16.1. The van der Waals surface area contributed by atoms with Gasteiger partial charge in [-0.25, -0.2) is 13.1 Å². The number of carbonyl (C=O) groups excluding carboxylic acids is 1. The summed E-state index contributed by atoms with van der Waals surface area (Å²) in [5.41, 5.74) is 1.08. The Morgan fingerprint density at radius 3 is 2.39 bits per heavy atom. The zero-order chi connectivity index (χ0) is 20.7. The number of sulfonamides is 1. The number of anilines is 1. The number of carbonyl (C=O) groups is 1. The minimum Gasteiger partial charge on any atom is -0.309 e. The summed E-state index contributed by atoms with van der Waals surface area (Å²) in [6, 6.07) is 8.80. The number of alkyl halides is 3. The van der Waals surface area contributed by atoms with Gasteiger partial charge in [0.2, 0.25) is 15.9 Å². The normalized spacial score (nSPS) is 16.9. The minimum absolute atomic E-state index is 0.0504. The van der Waals surface area contributed by atoms with Crippen LogP contribution in [-0.2, 0) is 34.0 Å². The molecule has 1 atom stereocenters. The molecular weight excluding hydrogens is 393 g/mol. The standard InChI is InChI=1S/C19H19F3N2O3S/c1-12-9-15-10-17(7-8-18(15)24(12)13(2)25)28(26,27)23-11-14-3-5-16(6-4-14)19(20,21)22/h3-8,10,12,23H,9,11H2,1-2H3. The molecule has 1 N–H and O–H groups in total. The molecule has 1 aliphatic heterocycles. The predicted octanol–water partition coefficient (Wildman–Crippen LogP) is 3.48. The maximum atomic E-state index is 12.6. The Morgan fingerprint density at radius 1 is 1.18 bits per heavy atom. The summed E-state index contributed by atoms with van der Waals surface area (Å²) >= 11 is 0. The predicted molar refractivity (Wildman–Crippen MR) is 98.2 cm³/mol. The van der Waals surface area contributed by atoms with Crippen molar-refractivity contribution in [3.8, 4) is 0 Å². The molecule has 0 radical (unpaired) electrons. The average Bonchev–Trinajstić information content (AvgIpc) is 2.94. The van der Waals surface area contributed by atoms with Crippen LogP contribution in [0, 0.1) is 0 Å². The van der Waals surface area contributed by atoms with Gasteiger partial charge in [-0.15, -0.1) is 0 Å². The molecule has 5 nitrogen and oxygen atoms in total. The van der Waals surface area contributed by atoms with E-state index in [9.17, 15) is 26.4 Å². The number of hydrogen-bond donors (Lipinski definition) is 1. The third kappa shape index (κ3) is 4.05. The topological polar surface area (TPSA) is 66.5 Å². The fraction of sp³-hybridized carbons (Fsp3) is 0.316. The molecule has 2 aromatic carbocycles. The highest BCUT2D eigenvalue weighted by atomic mass is 32.2. The number of rotatable bonds is 4. The summed E-state index contributed by atoms with van der Waals surface area (Å²) < 4.78 is 65.3. The van der Waals surface area contributed by atoms with E-state index in [4.69, 9.17) is 0 Å². The third-order valence-electron chi connectivity index (χ3n) is 4.66. The van der Waals surface area contributed by atoms with Crippen molar-refractivity contribution < 1.29 is 26.4 Å². The van der Waals surface area contributed by atoms with Crippen molar-refractivity contribution in [2.45, 2.75) is 43.9 Å². The third-order valence-corrected chi connectivity index (χ3v) is 6.06. The van der Waals surface area contributed by atoms with Crippen molar-refractivity contribution in [1.82, 2.24) is 4.72 Å². The van der Waals surface area contributed by atoms with E-state index in [0.29, 0.717) is 17.7 Å². The van der Waals surface area contributed by atoms with E-state index >= 15 is 0 Å². The van der Waals surface area contributed by atoms with Crippen LogP contribution < -0.4 is 9.62 Å². The van der Waals surface area contributed by atoms with Crippen LogP contribution in [0.1, 0.15) is 30.5 Å². The van der Waals surface area contributed by atoms with E-state index in [1.54, 1.807) is 11.0 Å². The monoisotopic (exact) mass is 412 g/mol. The number of nitrogens with one attached hydrogen (secondary N) is 1. The Labute approximate surface area is 161 Å². The highest BCUT2D eigenvalue weighted by Gasteiger charge is 2.31. The van der Waals surface area contributed by atoms with Gasteiger partial charge in [-0.1, -0.05) is 12.1 Å². The Bertz CT molecular complexity index is 1000. The van der Waals surface area contributed by atoms with E-state index < -0.39 is 21.8 Å². The second kappa shape index (κ2) is 7.21. The Hall–Kier alpha value is -2.39. The number of fused-ring (bicyclic) bond motifs is 1. The molecule has 0 spiro atoms. The van der Waals surface area contributed by atoms with Crippen LogP contribution in [0.15, 0.2) is 47.4 Å². The molecule has 0 saturated carbocycles. The van der Waals surface area contributed by atoms with Crippen LogP contribution >= 0.6 is 0 Å². The zero-order valence-electron chi connectivity index (χ0n) is 15.2. The first-order valence-corrected chi connectivity index (χ1v) is 10.1. The van der Waals surface area contributed by atoms with Crippen molar-refractivity contribution in [2.75, 3.05) is 4.90 Å². The van der Waals surface area contributed by atoms with Gasteiger partial charge in [0.25, 0.3) is 0 Å². The summed E-state index contributed by atoms with van der Waals surface area (Å²) in [5.74, 6) is -0.109. The molecule has 0 saturated heterocycles. The van der Waals surface area contributed by atoms with Gasteiger partial charge in [0.1, 0.15) is 0 Å². The molecule has 9 heteroatoms. The van der Waals surface area contributed by atoms with Crippen LogP contribution in [0.2, 0.25) is 0 Å². The Balaban J connectivity index is 1.75. The summed E-state index contributed by atoms with van der Waals surface area (Å²) in [6.07, 6.45) is -3.88. The molecular formula is C19H19F3N2O3S. The molecule has 1 unspecified atom stereocenters. The van der Waals surface area contributed by atoms with Crippen molar-refractivity contribution >= 4 is 21.6 Å². The first kappa shape index (κ1) is 20.3.